The Morgan fingerprint density at radius 2 is 1.97 bits per heavy atom. The average molecular weight is 461 g/mol. The van der Waals surface area contributed by atoms with Crippen LogP contribution in [0, 0.1) is 0 Å². The van der Waals surface area contributed by atoms with Gasteiger partial charge in [-0.1, -0.05) is 37.6 Å². The van der Waals surface area contributed by atoms with Crippen LogP contribution in [0.25, 0.3) is 0 Å². The smallest absolute Gasteiger partial charge is 0.259 e. The molecule has 7 heteroatoms. The van der Waals surface area contributed by atoms with Gasteiger partial charge in [0, 0.05) is 30.4 Å². The van der Waals surface area contributed by atoms with E-state index in [1.807, 2.05) is 31.0 Å². The van der Waals surface area contributed by atoms with E-state index in [0.717, 1.165) is 74.2 Å². The van der Waals surface area contributed by atoms with Gasteiger partial charge in [0.15, 0.2) is 0 Å². The van der Waals surface area contributed by atoms with Crippen LogP contribution in [0.3, 0.4) is 0 Å². The van der Waals surface area contributed by atoms with Crippen molar-refractivity contribution in [2.45, 2.75) is 70.8 Å². The van der Waals surface area contributed by atoms with Crippen LogP contribution >= 0.6 is 0 Å². The number of rotatable bonds is 5. The van der Waals surface area contributed by atoms with E-state index in [2.05, 4.69) is 39.8 Å². The van der Waals surface area contributed by atoms with Gasteiger partial charge in [-0.15, -0.1) is 0 Å². The summed E-state index contributed by atoms with van der Waals surface area (Å²) >= 11 is 0. The Balaban J connectivity index is 1.59. The highest BCUT2D eigenvalue weighted by molar-refractivity contribution is 6.15. The molecule has 2 N–H and O–H groups in total. The molecule has 1 amide bonds. The van der Waals surface area contributed by atoms with Crippen LogP contribution < -0.4 is 10.6 Å². The summed E-state index contributed by atoms with van der Waals surface area (Å²) in [4.78, 5) is 29.2. The third-order valence-electron chi connectivity index (χ3n) is 6.96. The van der Waals surface area contributed by atoms with Crippen molar-refractivity contribution in [3.63, 3.8) is 0 Å². The van der Waals surface area contributed by atoms with Crippen molar-refractivity contribution in [1.82, 2.24) is 15.2 Å². The Hall–Kier alpha value is -3.06. The standard InChI is InChI=1S/C27H36N6O/c1-5-29-27(31-23-11-10-21(17-30-23)20-12-14-28-15-13-20)32-24-16-19(4)25(18(2)3)26(34)33(24)22-8-6-7-9-22/h5,10-11,17,20,22,28H,1-2,6-9,12-16H2,3-4H3,(H,29,30,31). The first-order valence-electron chi connectivity index (χ1n) is 12.4. The molecule has 180 valence electrons. The third kappa shape index (κ3) is 5.36. The largest absolute Gasteiger partial charge is 0.317 e. The Morgan fingerprint density at radius 1 is 1.24 bits per heavy atom. The fourth-order valence-electron chi connectivity index (χ4n) is 5.30. The second kappa shape index (κ2) is 10.9. The van der Waals surface area contributed by atoms with Crippen LogP contribution in [0.4, 0.5) is 5.82 Å². The summed E-state index contributed by atoms with van der Waals surface area (Å²) in [5.74, 6) is 2.33. The van der Waals surface area contributed by atoms with E-state index < -0.39 is 0 Å². The molecule has 1 saturated heterocycles. The lowest BCUT2D eigenvalue weighted by Gasteiger charge is -2.35. The van der Waals surface area contributed by atoms with Crippen LogP contribution in [0.1, 0.15) is 70.3 Å². The number of carbonyl (C=O) groups excluding carboxylic acids is 1. The molecular formula is C27H36N6O. The molecule has 2 aliphatic heterocycles. The Morgan fingerprint density at radius 3 is 2.59 bits per heavy atom. The molecule has 34 heavy (non-hydrogen) atoms. The number of hydrogen-bond donors (Lipinski definition) is 2. The van der Waals surface area contributed by atoms with Crippen LogP contribution in [-0.4, -0.2) is 46.7 Å². The van der Waals surface area contributed by atoms with Gasteiger partial charge in [-0.2, -0.15) is 4.99 Å². The van der Waals surface area contributed by atoms with Crippen molar-refractivity contribution >= 4 is 23.5 Å². The van der Waals surface area contributed by atoms with E-state index in [9.17, 15) is 4.79 Å². The molecular weight excluding hydrogens is 424 g/mol. The lowest BCUT2D eigenvalue weighted by molar-refractivity contribution is -0.125. The second-order valence-corrected chi connectivity index (χ2v) is 9.52. The van der Waals surface area contributed by atoms with E-state index in [1.165, 1.54) is 11.8 Å². The van der Waals surface area contributed by atoms with Gasteiger partial charge in [0.05, 0.1) is 0 Å². The summed E-state index contributed by atoms with van der Waals surface area (Å²) in [7, 11) is 0. The Labute approximate surface area is 202 Å². The van der Waals surface area contributed by atoms with Gasteiger partial charge in [-0.25, -0.2) is 9.98 Å². The van der Waals surface area contributed by atoms with E-state index in [0.29, 0.717) is 24.1 Å². The van der Waals surface area contributed by atoms with Crippen molar-refractivity contribution in [1.29, 1.82) is 0 Å². The van der Waals surface area contributed by atoms with Crippen molar-refractivity contribution in [2.75, 3.05) is 18.4 Å². The fraction of sp³-hybridized carbons (Fsp3) is 0.481. The Kier molecular flexibility index (Phi) is 7.73. The van der Waals surface area contributed by atoms with Gasteiger partial charge in [0.2, 0.25) is 5.96 Å². The maximum Gasteiger partial charge on any atom is 0.259 e. The van der Waals surface area contributed by atoms with Crippen LogP contribution in [0.2, 0.25) is 0 Å². The summed E-state index contributed by atoms with van der Waals surface area (Å²) in [6, 6.07) is 4.27. The number of amidine groups is 1. The van der Waals surface area contributed by atoms with Crippen LogP contribution in [0.5, 0.6) is 0 Å². The zero-order chi connectivity index (χ0) is 24.1. The first-order valence-corrected chi connectivity index (χ1v) is 12.4. The second-order valence-electron chi connectivity index (χ2n) is 9.52. The van der Waals surface area contributed by atoms with Gasteiger partial charge in [-0.3, -0.25) is 9.69 Å². The van der Waals surface area contributed by atoms with E-state index >= 15 is 0 Å². The van der Waals surface area contributed by atoms with Gasteiger partial charge < -0.3 is 10.6 Å². The summed E-state index contributed by atoms with van der Waals surface area (Å²) in [5, 5.41) is 6.63. The van der Waals surface area contributed by atoms with Crippen molar-refractivity contribution in [2.24, 2.45) is 9.98 Å². The quantitative estimate of drug-likeness (QED) is 0.482. The molecule has 1 saturated carbocycles. The summed E-state index contributed by atoms with van der Waals surface area (Å²) in [6.07, 6.45) is 10.5. The number of amides is 1. The molecule has 0 aromatic carbocycles. The lowest BCUT2D eigenvalue weighted by atomic mass is 9.91. The Bertz CT molecular complexity index is 1020. The highest BCUT2D eigenvalue weighted by atomic mass is 16.2. The number of piperidine rings is 1. The van der Waals surface area contributed by atoms with Gasteiger partial charge >= 0.3 is 0 Å². The van der Waals surface area contributed by atoms with Crippen LogP contribution in [-0.2, 0) is 4.79 Å². The number of hydrogen-bond acceptors (Lipinski definition) is 4. The van der Waals surface area contributed by atoms with Crippen molar-refractivity contribution in [3.05, 3.63) is 60.0 Å². The van der Waals surface area contributed by atoms with Gasteiger partial charge in [-0.05, 0) is 75.7 Å². The molecule has 4 rings (SSSR count). The van der Waals surface area contributed by atoms with E-state index in [4.69, 9.17) is 4.99 Å². The molecule has 2 fully saturated rings. The predicted octanol–water partition coefficient (Wildman–Crippen LogP) is 4.93. The SMILES string of the molecule is C=CN=C(N=C1CC(C)=C(C(=C)C)C(=O)N1C1CCCC1)Nc1ccc(C2CCNCC2)cn1. The van der Waals surface area contributed by atoms with Gasteiger partial charge in [0.25, 0.3) is 5.91 Å². The van der Waals surface area contributed by atoms with E-state index in [1.54, 1.807) is 0 Å². The molecule has 0 unspecified atom stereocenters. The first kappa shape index (κ1) is 24.1. The molecule has 0 radical (unpaired) electrons. The maximum atomic E-state index is 13.5. The lowest BCUT2D eigenvalue weighted by Crippen LogP contribution is -2.47. The maximum absolute atomic E-state index is 13.5. The minimum Gasteiger partial charge on any atom is -0.317 e. The highest BCUT2D eigenvalue weighted by Gasteiger charge is 2.36. The molecule has 1 aromatic heterocycles. The number of nitrogens with one attached hydrogen (secondary N) is 2. The molecule has 0 spiro atoms. The van der Waals surface area contributed by atoms with E-state index in [-0.39, 0.29) is 11.9 Å². The molecule has 1 aliphatic carbocycles. The molecule has 3 heterocycles. The monoisotopic (exact) mass is 460 g/mol. The number of guanidine groups is 1. The average Bonchev–Trinajstić information content (AvgIpc) is 3.34. The molecule has 1 aromatic rings. The third-order valence-corrected chi connectivity index (χ3v) is 6.96. The minimum absolute atomic E-state index is 0.00398. The number of pyridine rings is 1. The number of anilines is 1. The minimum atomic E-state index is 0.00398. The summed E-state index contributed by atoms with van der Waals surface area (Å²) < 4.78 is 0. The predicted molar refractivity (Wildman–Crippen MR) is 139 cm³/mol. The first-order chi connectivity index (χ1) is 16.5. The van der Waals surface area contributed by atoms with Gasteiger partial charge in [0.1, 0.15) is 11.7 Å². The molecule has 7 nitrogen and oxygen atoms in total. The summed E-state index contributed by atoms with van der Waals surface area (Å²) in [6.45, 7) is 13.8. The fourth-order valence-corrected chi connectivity index (χ4v) is 5.30. The molecule has 0 atom stereocenters. The van der Waals surface area contributed by atoms with Crippen LogP contribution in [0.15, 0.2) is 64.4 Å². The number of carbonyl (C=O) groups is 1. The zero-order valence-corrected chi connectivity index (χ0v) is 20.4. The van der Waals surface area contributed by atoms with Crippen molar-refractivity contribution < 1.29 is 4.79 Å². The summed E-state index contributed by atoms with van der Waals surface area (Å²) in [5.41, 5.74) is 3.80. The normalized spacial score (nSPS) is 21.9. The number of aromatic nitrogens is 1. The molecule has 3 aliphatic rings. The van der Waals surface area contributed by atoms with Crippen molar-refractivity contribution in [3.8, 4) is 0 Å². The topological polar surface area (TPSA) is 82.0 Å². The molecule has 0 bridgehead atoms. The number of nitrogens with zero attached hydrogens (tertiary/aromatic N) is 4. The zero-order valence-electron chi connectivity index (χ0n) is 20.4. The highest BCUT2D eigenvalue weighted by Crippen LogP contribution is 2.32. The number of aliphatic imine (C=N–C) groups is 2.